The summed E-state index contributed by atoms with van der Waals surface area (Å²) in [7, 11) is 0. The fourth-order valence-electron chi connectivity index (χ4n) is 2.26. The van der Waals surface area contributed by atoms with E-state index in [2.05, 4.69) is 15.2 Å². The predicted octanol–water partition coefficient (Wildman–Crippen LogP) is 2.94. The Morgan fingerprint density at radius 1 is 0.789 bits per heavy atom. The number of fused-ring (bicyclic) bond motifs is 3. The van der Waals surface area contributed by atoms with Crippen LogP contribution in [0.4, 0.5) is 0 Å². The highest BCUT2D eigenvalue weighted by Gasteiger charge is 2.10. The Morgan fingerprint density at radius 2 is 1.58 bits per heavy atom. The molecule has 0 unspecified atom stereocenters. The van der Waals surface area contributed by atoms with Gasteiger partial charge in [0, 0.05) is 10.9 Å². The molecule has 0 radical (unpaired) electrons. The molecule has 4 rings (SSSR count). The van der Waals surface area contributed by atoms with Crippen LogP contribution in [-0.2, 0) is 0 Å². The van der Waals surface area contributed by atoms with E-state index < -0.39 is 0 Å². The summed E-state index contributed by atoms with van der Waals surface area (Å²) in [5.74, 6) is 0.814. The van der Waals surface area contributed by atoms with E-state index in [1.54, 1.807) is 6.33 Å². The molecule has 0 saturated carbocycles. The molecular formula is C15H10N4. The van der Waals surface area contributed by atoms with Crippen LogP contribution < -0.4 is 0 Å². The molecule has 0 aliphatic carbocycles. The Bertz CT molecular complexity index is 865. The Morgan fingerprint density at radius 3 is 2.47 bits per heavy atom. The lowest BCUT2D eigenvalue weighted by atomic mass is 10.2. The van der Waals surface area contributed by atoms with Crippen LogP contribution in [0.3, 0.4) is 0 Å². The lowest BCUT2D eigenvalue weighted by Gasteiger charge is -2.01. The molecule has 0 atom stereocenters. The van der Waals surface area contributed by atoms with Crippen molar-refractivity contribution in [3.05, 3.63) is 60.9 Å². The van der Waals surface area contributed by atoms with Gasteiger partial charge in [0.05, 0.1) is 5.52 Å². The smallest absolute Gasteiger partial charge is 0.171 e. The molecule has 4 aromatic rings. The van der Waals surface area contributed by atoms with Crippen LogP contribution in [0.15, 0.2) is 60.9 Å². The highest BCUT2D eigenvalue weighted by Crippen LogP contribution is 2.21. The largest absolute Gasteiger partial charge is 0.265 e. The molecule has 0 fully saturated rings. The first kappa shape index (κ1) is 10.2. The van der Waals surface area contributed by atoms with E-state index in [1.165, 1.54) is 0 Å². The molecule has 19 heavy (non-hydrogen) atoms. The molecule has 4 nitrogen and oxygen atoms in total. The average Bonchev–Trinajstić information content (AvgIpc) is 2.92. The van der Waals surface area contributed by atoms with Crippen LogP contribution in [0.25, 0.3) is 27.9 Å². The minimum Gasteiger partial charge on any atom is -0.265 e. The third-order valence-corrected chi connectivity index (χ3v) is 3.19. The molecular weight excluding hydrogens is 236 g/mol. The Labute approximate surface area is 109 Å². The van der Waals surface area contributed by atoms with Gasteiger partial charge in [0.1, 0.15) is 6.33 Å². The minimum atomic E-state index is 0.814. The molecule has 0 bridgehead atoms. The SMILES string of the molecule is c1ccc(-c2nnc3c4ccccc4ncn23)cc1. The second-order valence-corrected chi connectivity index (χ2v) is 4.34. The van der Waals surface area contributed by atoms with Crippen molar-refractivity contribution >= 4 is 16.6 Å². The fourth-order valence-corrected chi connectivity index (χ4v) is 2.26. The van der Waals surface area contributed by atoms with Crippen molar-refractivity contribution in [3.63, 3.8) is 0 Å². The maximum absolute atomic E-state index is 4.45. The number of aromatic nitrogens is 4. The van der Waals surface area contributed by atoms with Gasteiger partial charge in [-0.25, -0.2) is 4.98 Å². The van der Waals surface area contributed by atoms with Crippen molar-refractivity contribution in [3.8, 4) is 11.4 Å². The molecule has 90 valence electrons. The van der Waals surface area contributed by atoms with Gasteiger partial charge in [-0.15, -0.1) is 10.2 Å². The highest BCUT2D eigenvalue weighted by atomic mass is 15.3. The monoisotopic (exact) mass is 246 g/mol. The second kappa shape index (κ2) is 3.88. The van der Waals surface area contributed by atoms with Gasteiger partial charge < -0.3 is 0 Å². The van der Waals surface area contributed by atoms with Gasteiger partial charge in [-0.2, -0.15) is 0 Å². The molecule has 4 heteroatoms. The van der Waals surface area contributed by atoms with Crippen LogP contribution >= 0.6 is 0 Å². The van der Waals surface area contributed by atoms with Crippen LogP contribution in [0.2, 0.25) is 0 Å². The van der Waals surface area contributed by atoms with Gasteiger partial charge in [-0.3, -0.25) is 4.40 Å². The first-order chi connectivity index (χ1) is 9.43. The number of nitrogens with zero attached hydrogens (tertiary/aromatic N) is 4. The molecule has 2 aromatic carbocycles. The van der Waals surface area contributed by atoms with E-state index in [0.29, 0.717) is 0 Å². The number of benzene rings is 2. The van der Waals surface area contributed by atoms with Crippen molar-refractivity contribution in [2.45, 2.75) is 0 Å². The number of para-hydroxylation sites is 1. The topological polar surface area (TPSA) is 43.1 Å². The van der Waals surface area contributed by atoms with Gasteiger partial charge in [-0.1, -0.05) is 42.5 Å². The van der Waals surface area contributed by atoms with Crippen molar-refractivity contribution in [2.24, 2.45) is 0 Å². The van der Waals surface area contributed by atoms with Gasteiger partial charge in [0.25, 0.3) is 0 Å². The second-order valence-electron chi connectivity index (χ2n) is 4.34. The van der Waals surface area contributed by atoms with Gasteiger partial charge >= 0.3 is 0 Å². The summed E-state index contributed by atoms with van der Waals surface area (Å²) < 4.78 is 1.93. The first-order valence-corrected chi connectivity index (χ1v) is 6.07. The Balaban J connectivity index is 2.08. The molecule has 0 aliphatic rings. The number of rotatable bonds is 1. The van der Waals surface area contributed by atoms with Gasteiger partial charge in [0.15, 0.2) is 11.5 Å². The van der Waals surface area contributed by atoms with Crippen LogP contribution in [0.1, 0.15) is 0 Å². The summed E-state index contributed by atoms with van der Waals surface area (Å²) in [4.78, 5) is 4.45. The molecule has 0 saturated heterocycles. The quantitative estimate of drug-likeness (QED) is 0.518. The average molecular weight is 246 g/mol. The standard InChI is InChI=1S/C15H10N4/c1-2-6-11(7-3-1)14-17-18-15-12-8-4-5-9-13(12)16-10-19(14)15/h1-10H. The maximum atomic E-state index is 4.45. The minimum absolute atomic E-state index is 0.814. The van der Waals surface area contributed by atoms with Crippen molar-refractivity contribution in [2.75, 3.05) is 0 Å². The summed E-state index contributed by atoms with van der Waals surface area (Å²) >= 11 is 0. The van der Waals surface area contributed by atoms with E-state index in [-0.39, 0.29) is 0 Å². The van der Waals surface area contributed by atoms with Crippen molar-refractivity contribution in [1.82, 2.24) is 19.6 Å². The zero-order valence-electron chi connectivity index (χ0n) is 10.1. The Hall–Kier alpha value is -2.75. The molecule has 2 aromatic heterocycles. The van der Waals surface area contributed by atoms with Gasteiger partial charge in [-0.05, 0) is 12.1 Å². The van der Waals surface area contributed by atoms with Crippen LogP contribution in [0.5, 0.6) is 0 Å². The zero-order valence-corrected chi connectivity index (χ0v) is 10.1. The van der Waals surface area contributed by atoms with E-state index in [4.69, 9.17) is 0 Å². The highest BCUT2D eigenvalue weighted by molar-refractivity contribution is 5.91. The third-order valence-electron chi connectivity index (χ3n) is 3.19. The zero-order chi connectivity index (χ0) is 12.7. The van der Waals surface area contributed by atoms with Crippen molar-refractivity contribution in [1.29, 1.82) is 0 Å². The summed E-state index contributed by atoms with van der Waals surface area (Å²) in [6.45, 7) is 0. The summed E-state index contributed by atoms with van der Waals surface area (Å²) in [6, 6.07) is 18.0. The van der Waals surface area contributed by atoms with Crippen LogP contribution in [-0.4, -0.2) is 19.6 Å². The lowest BCUT2D eigenvalue weighted by molar-refractivity contribution is 1.09. The molecule has 0 amide bonds. The molecule has 0 N–H and O–H groups in total. The molecule has 2 heterocycles. The van der Waals surface area contributed by atoms with E-state index >= 15 is 0 Å². The van der Waals surface area contributed by atoms with E-state index in [1.807, 2.05) is 59.0 Å². The van der Waals surface area contributed by atoms with E-state index in [9.17, 15) is 0 Å². The first-order valence-electron chi connectivity index (χ1n) is 6.07. The molecule has 0 aliphatic heterocycles. The summed E-state index contributed by atoms with van der Waals surface area (Å²) in [6.07, 6.45) is 1.78. The summed E-state index contributed by atoms with van der Waals surface area (Å²) in [5, 5.41) is 9.60. The molecule has 0 spiro atoms. The Kier molecular flexibility index (Phi) is 2.08. The lowest BCUT2D eigenvalue weighted by Crippen LogP contribution is -1.92. The van der Waals surface area contributed by atoms with Gasteiger partial charge in [0.2, 0.25) is 0 Å². The predicted molar refractivity (Wildman–Crippen MR) is 73.7 cm³/mol. The fraction of sp³-hybridized carbons (Fsp3) is 0. The number of hydrogen-bond donors (Lipinski definition) is 0. The third kappa shape index (κ3) is 1.50. The van der Waals surface area contributed by atoms with E-state index in [0.717, 1.165) is 27.9 Å². The van der Waals surface area contributed by atoms with Crippen LogP contribution in [0, 0.1) is 0 Å². The maximum Gasteiger partial charge on any atom is 0.171 e. The summed E-state index contributed by atoms with van der Waals surface area (Å²) in [5.41, 5.74) is 2.80. The number of hydrogen-bond acceptors (Lipinski definition) is 3. The van der Waals surface area contributed by atoms with Crippen molar-refractivity contribution < 1.29 is 0 Å². The normalized spacial score (nSPS) is 11.2.